The molecule has 2 heteroatoms. The first-order chi connectivity index (χ1) is 9.70. The van der Waals surface area contributed by atoms with Crippen molar-refractivity contribution < 1.29 is 0 Å². The Hall–Kier alpha value is -0.860. The molecule has 0 atom stereocenters. The quantitative estimate of drug-likeness (QED) is 0.908. The van der Waals surface area contributed by atoms with E-state index < -0.39 is 0 Å². The monoisotopic (exact) mass is 272 g/mol. The minimum atomic E-state index is 0.594. The number of piperidine rings is 1. The number of fused-ring (bicyclic) bond motifs is 1. The van der Waals surface area contributed by atoms with Crippen LogP contribution in [0.25, 0.3) is 0 Å². The molecule has 2 aliphatic heterocycles. The van der Waals surface area contributed by atoms with Gasteiger partial charge in [-0.05, 0) is 61.0 Å². The summed E-state index contributed by atoms with van der Waals surface area (Å²) in [5.41, 5.74) is 5.31. The highest BCUT2D eigenvalue weighted by Gasteiger charge is 2.28. The smallest absolute Gasteiger partial charge is 0.0236 e. The van der Waals surface area contributed by atoms with E-state index in [1.807, 2.05) is 0 Å². The van der Waals surface area contributed by atoms with Crippen molar-refractivity contribution in [1.82, 2.24) is 10.2 Å². The minimum Gasteiger partial charge on any atom is -0.312 e. The van der Waals surface area contributed by atoms with E-state index >= 15 is 0 Å². The number of likely N-dealkylation sites (tertiary alicyclic amines) is 1. The van der Waals surface area contributed by atoms with Gasteiger partial charge in [0.15, 0.2) is 0 Å². The van der Waals surface area contributed by atoms with Crippen LogP contribution in [0.2, 0.25) is 0 Å². The zero-order chi connectivity index (χ0) is 14.0. The van der Waals surface area contributed by atoms with Crippen LogP contribution in [0.4, 0.5) is 0 Å². The predicted molar refractivity (Wildman–Crippen MR) is 84.8 cm³/mol. The van der Waals surface area contributed by atoms with Crippen LogP contribution in [0.1, 0.15) is 49.8 Å². The summed E-state index contributed by atoms with van der Waals surface area (Å²) in [4.78, 5) is 2.66. The molecule has 0 radical (unpaired) electrons. The van der Waals surface area contributed by atoms with E-state index in [9.17, 15) is 0 Å². The molecule has 2 nitrogen and oxygen atoms in total. The van der Waals surface area contributed by atoms with Gasteiger partial charge in [0.1, 0.15) is 0 Å². The third kappa shape index (κ3) is 2.91. The second kappa shape index (κ2) is 5.87. The first-order valence-electron chi connectivity index (χ1n) is 8.23. The Morgan fingerprint density at radius 1 is 1.25 bits per heavy atom. The molecule has 20 heavy (non-hydrogen) atoms. The predicted octanol–water partition coefficient (Wildman–Crippen LogP) is 3.34. The van der Waals surface area contributed by atoms with Crippen LogP contribution in [0, 0.1) is 5.41 Å². The van der Waals surface area contributed by atoms with Crippen LogP contribution in [-0.4, -0.2) is 24.5 Å². The summed E-state index contributed by atoms with van der Waals surface area (Å²) >= 11 is 0. The van der Waals surface area contributed by atoms with Gasteiger partial charge < -0.3 is 5.32 Å². The maximum Gasteiger partial charge on any atom is 0.0236 e. The lowest BCUT2D eigenvalue weighted by atomic mass is 9.78. The van der Waals surface area contributed by atoms with Crippen molar-refractivity contribution in [1.29, 1.82) is 0 Å². The Kier molecular flexibility index (Phi) is 4.13. The van der Waals surface area contributed by atoms with Gasteiger partial charge in [-0.25, -0.2) is 0 Å². The largest absolute Gasteiger partial charge is 0.312 e. The molecule has 0 spiro atoms. The maximum atomic E-state index is 3.48. The zero-order valence-electron chi connectivity index (χ0n) is 13.0. The molecule has 0 amide bonds. The number of nitrogens with zero attached hydrogens (tertiary/aromatic N) is 1. The molecule has 1 aromatic rings. The lowest BCUT2D eigenvalue weighted by Gasteiger charge is -2.39. The van der Waals surface area contributed by atoms with Crippen molar-refractivity contribution in [3.63, 3.8) is 0 Å². The second-order valence-electron chi connectivity index (χ2n) is 6.92. The molecule has 1 saturated heterocycles. The molecule has 1 fully saturated rings. The average Bonchev–Trinajstić information content (AvgIpc) is 2.50. The fourth-order valence-corrected chi connectivity index (χ4v) is 3.60. The number of hydrogen-bond donors (Lipinski definition) is 1. The Morgan fingerprint density at radius 3 is 2.80 bits per heavy atom. The summed E-state index contributed by atoms with van der Waals surface area (Å²) in [5, 5.41) is 3.48. The first-order valence-corrected chi connectivity index (χ1v) is 8.23. The van der Waals surface area contributed by atoms with E-state index in [4.69, 9.17) is 0 Å². The van der Waals surface area contributed by atoms with E-state index in [2.05, 4.69) is 42.3 Å². The summed E-state index contributed by atoms with van der Waals surface area (Å²) < 4.78 is 0. The van der Waals surface area contributed by atoms with Gasteiger partial charge in [0.2, 0.25) is 0 Å². The van der Waals surface area contributed by atoms with Gasteiger partial charge in [0, 0.05) is 13.1 Å². The lowest BCUT2D eigenvalue weighted by Crippen LogP contribution is -2.38. The summed E-state index contributed by atoms with van der Waals surface area (Å²) in [6.45, 7) is 10.7. The fourth-order valence-electron chi connectivity index (χ4n) is 3.60. The van der Waals surface area contributed by atoms with Crippen molar-refractivity contribution in [2.24, 2.45) is 5.41 Å². The van der Waals surface area contributed by atoms with Crippen LogP contribution < -0.4 is 5.32 Å². The molecule has 1 N–H and O–H groups in total. The standard InChI is InChI=1S/C18H28N2/c1-3-18(2)8-11-20(12-9-18)14-16-6-4-5-15-13-19-10-7-17(15)16/h4-6,19H,3,7-14H2,1-2H3. The highest BCUT2D eigenvalue weighted by molar-refractivity contribution is 5.37. The van der Waals surface area contributed by atoms with Gasteiger partial charge in [0.25, 0.3) is 0 Å². The van der Waals surface area contributed by atoms with Gasteiger partial charge in [0.05, 0.1) is 0 Å². The summed E-state index contributed by atoms with van der Waals surface area (Å²) in [6, 6.07) is 6.87. The molecule has 2 aliphatic rings. The van der Waals surface area contributed by atoms with Crippen LogP contribution in [-0.2, 0) is 19.5 Å². The van der Waals surface area contributed by atoms with Gasteiger partial charge >= 0.3 is 0 Å². The molecule has 0 aliphatic carbocycles. The molecule has 0 bridgehead atoms. The number of nitrogens with one attached hydrogen (secondary N) is 1. The van der Waals surface area contributed by atoms with E-state index in [1.54, 1.807) is 11.1 Å². The lowest BCUT2D eigenvalue weighted by molar-refractivity contribution is 0.109. The third-order valence-electron chi connectivity index (χ3n) is 5.55. The van der Waals surface area contributed by atoms with Crippen molar-refractivity contribution in [3.8, 4) is 0 Å². The molecular weight excluding hydrogens is 244 g/mol. The highest BCUT2D eigenvalue weighted by atomic mass is 15.1. The normalized spacial score (nSPS) is 22.5. The van der Waals surface area contributed by atoms with Crippen LogP contribution in [0.3, 0.4) is 0 Å². The molecular formula is C18H28N2. The molecule has 110 valence electrons. The molecule has 0 saturated carbocycles. The summed E-state index contributed by atoms with van der Waals surface area (Å²) in [7, 11) is 0. The van der Waals surface area contributed by atoms with Crippen molar-refractivity contribution in [3.05, 3.63) is 34.9 Å². The Labute approximate surface area is 123 Å². The van der Waals surface area contributed by atoms with Crippen LogP contribution in [0.15, 0.2) is 18.2 Å². The fraction of sp³-hybridized carbons (Fsp3) is 0.667. The van der Waals surface area contributed by atoms with Crippen LogP contribution >= 0.6 is 0 Å². The van der Waals surface area contributed by atoms with E-state index in [0.29, 0.717) is 5.41 Å². The van der Waals surface area contributed by atoms with E-state index in [0.717, 1.165) is 19.6 Å². The number of hydrogen-bond acceptors (Lipinski definition) is 2. The summed E-state index contributed by atoms with van der Waals surface area (Å²) in [6.07, 6.45) is 5.25. The molecule has 0 unspecified atom stereocenters. The third-order valence-corrected chi connectivity index (χ3v) is 5.55. The topological polar surface area (TPSA) is 15.3 Å². The summed E-state index contributed by atoms with van der Waals surface area (Å²) in [5.74, 6) is 0. The SMILES string of the molecule is CCC1(C)CCN(Cc2cccc3c2CCNC3)CC1. The Morgan fingerprint density at radius 2 is 2.05 bits per heavy atom. The molecule has 3 rings (SSSR count). The maximum absolute atomic E-state index is 3.48. The number of rotatable bonds is 3. The van der Waals surface area contributed by atoms with Gasteiger partial charge in [-0.15, -0.1) is 0 Å². The van der Waals surface area contributed by atoms with E-state index in [1.165, 1.54) is 44.3 Å². The number of benzene rings is 1. The first kappa shape index (κ1) is 14.1. The van der Waals surface area contributed by atoms with Gasteiger partial charge in [-0.2, -0.15) is 0 Å². The van der Waals surface area contributed by atoms with Crippen molar-refractivity contribution in [2.45, 2.75) is 52.6 Å². The molecule has 1 aromatic carbocycles. The average molecular weight is 272 g/mol. The van der Waals surface area contributed by atoms with Crippen molar-refractivity contribution >= 4 is 0 Å². The second-order valence-corrected chi connectivity index (χ2v) is 6.92. The van der Waals surface area contributed by atoms with Crippen molar-refractivity contribution in [2.75, 3.05) is 19.6 Å². The van der Waals surface area contributed by atoms with Crippen LogP contribution in [0.5, 0.6) is 0 Å². The Bertz CT molecular complexity index is 458. The zero-order valence-corrected chi connectivity index (χ0v) is 13.0. The van der Waals surface area contributed by atoms with E-state index in [-0.39, 0.29) is 0 Å². The molecule has 0 aromatic heterocycles. The Balaban J connectivity index is 1.67. The van der Waals surface area contributed by atoms with Gasteiger partial charge in [-0.3, -0.25) is 4.90 Å². The highest BCUT2D eigenvalue weighted by Crippen LogP contribution is 2.34. The molecule has 2 heterocycles. The minimum absolute atomic E-state index is 0.594. The van der Waals surface area contributed by atoms with Gasteiger partial charge in [-0.1, -0.05) is 38.5 Å².